The zero-order valence-corrected chi connectivity index (χ0v) is 15.8. The van der Waals surface area contributed by atoms with E-state index in [1.54, 1.807) is 23.5 Å². The minimum absolute atomic E-state index is 0.0885. The van der Waals surface area contributed by atoms with E-state index in [4.69, 9.17) is 0 Å². The Balaban J connectivity index is 1.73. The summed E-state index contributed by atoms with van der Waals surface area (Å²) in [5, 5.41) is 23.5. The van der Waals surface area contributed by atoms with E-state index in [1.165, 1.54) is 12.1 Å². The predicted molar refractivity (Wildman–Crippen MR) is 106 cm³/mol. The van der Waals surface area contributed by atoms with Crippen molar-refractivity contribution in [2.45, 2.75) is 20.3 Å². The van der Waals surface area contributed by atoms with Crippen molar-refractivity contribution < 1.29 is 4.92 Å². The van der Waals surface area contributed by atoms with E-state index >= 15 is 0 Å². The third-order valence-corrected chi connectivity index (χ3v) is 4.30. The lowest BCUT2D eigenvalue weighted by Crippen LogP contribution is -2.39. The second kappa shape index (κ2) is 10.3. The Morgan fingerprint density at radius 1 is 1.27 bits per heavy atom. The number of anilines is 1. The molecule has 2 aromatic rings. The fourth-order valence-corrected chi connectivity index (χ4v) is 2.88. The lowest BCUT2D eigenvalue weighted by molar-refractivity contribution is -0.384. The number of aryl methyl sites for hydroxylation is 1. The van der Waals surface area contributed by atoms with E-state index in [0.29, 0.717) is 19.6 Å². The van der Waals surface area contributed by atoms with Crippen molar-refractivity contribution in [3.8, 4) is 0 Å². The van der Waals surface area contributed by atoms with Crippen molar-refractivity contribution in [3.05, 3.63) is 50.5 Å². The highest BCUT2D eigenvalue weighted by atomic mass is 32.1. The normalized spacial score (nSPS) is 11.2. The smallest absolute Gasteiger partial charge is 0.269 e. The fraction of sp³-hybridized carbons (Fsp3) is 0.412. The maximum Gasteiger partial charge on any atom is 0.269 e. The minimum Gasteiger partial charge on any atom is -0.383 e. The molecule has 1 heterocycles. The molecule has 0 aliphatic carbocycles. The zero-order valence-electron chi connectivity index (χ0n) is 15.0. The first-order chi connectivity index (χ1) is 12.6. The number of non-ortho nitro benzene ring substituents is 1. The number of aliphatic imine (C=N–C) groups is 1. The van der Waals surface area contributed by atoms with Crippen LogP contribution in [0.2, 0.25) is 0 Å². The molecule has 0 aliphatic rings. The lowest BCUT2D eigenvalue weighted by Gasteiger charge is -2.12. The molecule has 0 atom stereocenters. The van der Waals surface area contributed by atoms with E-state index in [9.17, 15) is 10.1 Å². The van der Waals surface area contributed by atoms with Gasteiger partial charge in [-0.05, 0) is 26.0 Å². The molecule has 26 heavy (non-hydrogen) atoms. The van der Waals surface area contributed by atoms with Crippen molar-refractivity contribution in [2.75, 3.05) is 31.5 Å². The van der Waals surface area contributed by atoms with Gasteiger partial charge in [0, 0.05) is 55.8 Å². The molecular weight excluding hydrogens is 352 g/mol. The number of nitrogens with zero attached hydrogens (tertiary/aromatic N) is 3. The number of nitro groups is 1. The number of nitrogens with one attached hydrogen (secondary N) is 3. The van der Waals surface area contributed by atoms with Gasteiger partial charge in [-0.3, -0.25) is 15.1 Å². The molecule has 9 heteroatoms. The van der Waals surface area contributed by atoms with E-state index in [1.807, 2.05) is 13.8 Å². The van der Waals surface area contributed by atoms with Gasteiger partial charge in [-0.1, -0.05) is 0 Å². The standard InChI is InChI=1S/C17H24N6O2S/c1-3-18-17(20-9-8-15-12-26-13(2)22-15)21-11-10-19-14-4-6-16(7-5-14)23(24)25/h4-7,12,19H,3,8-11H2,1-2H3,(H2,18,20,21). The number of aromatic nitrogens is 1. The van der Waals surface area contributed by atoms with Gasteiger partial charge in [-0.15, -0.1) is 11.3 Å². The average Bonchev–Trinajstić information content (AvgIpc) is 3.04. The number of hydrogen-bond donors (Lipinski definition) is 3. The summed E-state index contributed by atoms with van der Waals surface area (Å²) in [6, 6.07) is 6.38. The number of rotatable bonds is 9. The van der Waals surface area contributed by atoms with Crippen molar-refractivity contribution in [1.29, 1.82) is 0 Å². The molecule has 0 bridgehead atoms. The van der Waals surface area contributed by atoms with Gasteiger partial charge in [0.2, 0.25) is 0 Å². The summed E-state index contributed by atoms with van der Waals surface area (Å²) in [5.74, 6) is 0.768. The molecule has 1 aromatic heterocycles. The number of guanidine groups is 1. The summed E-state index contributed by atoms with van der Waals surface area (Å²) in [6.07, 6.45) is 0.821. The first kappa shape index (κ1) is 19.6. The van der Waals surface area contributed by atoms with Crippen molar-refractivity contribution in [2.24, 2.45) is 4.99 Å². The van der Waals surface area contributed by atoms with Crippen LogP contribution in [0.25, 0.3) is 0 Å². The molecule has 0 saturated carbocycles. The van der Waals surface area contributed by atoms with Crippen molar-refractivity contribution >= 4 is 28.7 Å². The van der Waals surface area contributed by atoms with E-state index in [0.717, 1.165) is 35.3 Å². The summed E-state index contributed by atoms with van der Waals surface area (Å²) in [5.41, 5.74) is 2.01. The Labute approximate surface area is 156 Å². The van der Waals surface area contributed by atoms with Crippen LogP contribution in [0.5, 0.6) is 0 Å². The Morgan fingerprint density at radius 3 is 2.65 bits per heavy atom. The summed E-state index contributed by atoms with van der Waals surface area (Å²) in [4.78, 5) is 19.2. The van der Waals surface area contributed by atoms with Gasteiger partial charge in [-0.25, -0.2) is 4.98 Å². The summed E-state index contributed by atoms with van der Waals surface area (Å²) in [6.45, 7) is 6.84. The van der Waals surface area contributed by atoms with Gasteiger partial charge in [0.15, 0.2) is 5.96 Å². The first-order valence-corrected chi connectivity index (χ1v) is 9.38. The molecule has 0 spiro atoms. The molecule has 3 N–H and O–H groups in total. The fourth-order valence-electron chi connectivity index (χ4n) is 2.24. The second-order valence-electron chi connectivity index (χ2n) is 5.53. The third kappa shape index (κ3) is 6.67. The zero-order chi connectivity index (χ0) is 18.8. The third-order valence-electron chi connectivity index (χ3n) is 3.47. The van der Waals surface area contributed by atoms with Crippen LogP contribution in [0.1, 0.15) is 17.6 Å². The molecule has 0 radical (unpaired) electrons. The van der Waals surface area contributed by atoms with Crippen LogP contribution in [0.3, 0.4) is 0 Å². The Hall–Kier alpha value is -2.68. The maximum absolute atomic E-state index is 10.6. The summed E-state index contributed by atoms with van der Waals surface area (Å²) in [7, 11) is 0. The van der Waals surface area contributed by atoms with E-state index in [2.05, 4.69) is 31.3 Å². The van der Waals surface area contributed by atoms with Crippen LogP contribution >= 0.6 is 11.3 Å². The van der Waals surface area contributed by atoms with Gasteiger partial charge < -0.3 is 16.0 Å². The Morgan fingerprint density at radius 2 is 2.04 bits per heavy atom. The molecule has 2 rings (SSSR count). The SMILES string of the molecule is CCNC(=NCCc1csc(C)n1)NCCNc1ccc([N+](=O)[O-])cc1. The van der Waals surface area contributed by atoms with Gasteiger partial charge in [-0.2, -0.15) is 0 Å². The van der Waals surface area contributed by atoms with E-state index < -0.39 is 4.92 Å². The molecule has 140 valence electrons. The topological polar surface area (TPSA) is 104 Å². The highest BCUT2D eigenvalue weighted by Crippen LogP contribution is 2.14. The molecule has 8 nitrogen and oxygen atoms in total. The van der Waals surface area contributed by atoms with Crippen LogP contribution in [0.15, 0.2) is 34.6 Å². The average molecular weight is 376 g/mol. The van der Waals surface area contributed by atoms with Gasteiger partial charge >= 0.3 is 0 Å². The van der Waals surface area contributed by atoms with Crippen LogP contribution in [0.4, 0.5) is 11.4 Å². The highest BCUT2D eigenvalue weighted by molar-refractivity contribution is 7.09. The van der Waals surface area contributed by atoms with Gasteiger partial charge in [0.25, 0.3) is 5.69 Å². The lowest BCUT2D eigenvalue weighted by atomic mass is 10.3. The highest BCUT2D eigenvalue weighted by Gasteiger charge is 2.03. The molecular formula is C17H24N6O2S. The van der Waals surface area contributed by atoms with Crippen molar-refractivity contribution in [1.82, 2.24) is 15.6 Å². The van der Waals surface area contributed by atoms with E-state index in [-0.39, 0.29) is 5.69 Å². The molecule has 0 unspecified atom stereocenters. The summed E-state index contributed by atoms with van der Waals surface area (Å²) < 4.78 is 0. The first-order valence-electron chi connectivity index (χ1n) is 8.50. The number of hydrogen-bond acceptors (Lipinski definition) is 6. The predicted octanol–water partition coefficient (Wildman–Crippen LogP) is 2.57. The molecule has 0 saturated heterocycles. The van der Waals surface area contributed by atoms with Gasteiger partial charge in [0.1, 0.15) is 0 Å². The number of nitro benzene ring substituents is 1. The quantitative estimate of drug-likeness (QED) is 0.204. The largest absolute Gasteiger partial charge is 0.383 e. The number of thiazole rings is 1. The molecule has 0 fully saturated rings. The summed E-state index contributed by atoms with van der Waals surface area (Å²) >= 11 is 1.65. The van der Waals surface area contributed by atoms with Crippen LogP contribution in [0, 0.1) is 17.0 Å². The second-order valence-corrected chi connectivity index (χ2v) is 6.59. The maximum atomic E-state index is 10.6. The van der Waals surface area contributed by atoms with Crippen LogP contribution in [-0.4, -0.2) is 42.0 Å². The monoisotopic (exact) mass is 376 g/mol. The molecule has 0 amide bonds. The Bertz CT molecular complexity index is 729. The number of benzene rings is 1. The Kier molecular flexibility index (Phi) is 7.81. The minimum atomic E-state index is -0.405. The van der Waals surface area contributed by atoms with Crippen LogP contribution in [-0.2, 0) is 6.42 Å². The van der Waals surface area contributed by atoms with Crippen molar-refractivity contribution in [3.63, 3.8) is 0 Å². The molecule has 0 aliphatic heterocycles. The van der Waals surface area contributed by atoms with Gasteiger partial charge in [0.05, 0.1) is 15.6 Å². The molecule has 1 aromatic carbocycles. The van der Waals surface area contributed by atoms with Crippen LogP contribution < -0.4 is 16.0 Å².